The molecule has 0 radical (unpaired) electrons. The van der Waals surface area contributed by atoms with Crippen LogP contribution in [0.2, 0.25) is 0 Å². The van der Waals surface area contributed by atoms with Gasteiger partial charge in [0, 0.05) is 24.4 Å². The lowest BCUT2D eigenvalue weighted by Crippen LogP contribution is -2.11. The van der Waals surface area contributed by atoms with Crippen LogP contribution in [-0.2, 0) is 11.2 Å². The van der Waals surface area contributed by atoms with Gasteiger partial charge in [0.1, 0.15) is 5.75 Å². The molecule has 0 saturated heterocycles. The summed E-state index contributed by atoms with van der Waals surface area (Å²) in [5.74, 6) is 1.59. The summed E-state index contributed by atoms with van der Waals surface area (Å²) < 4.78 is 10.5. The molecule has 124 valence electrons. The minimum atomic E-state index is -0.0746. The van der Waals surface area contributed by atoms with Crippen molar-refractivity contribution in [2.24, 2.45) is 0 Å². The van der Waals surface area contributed by atoms with Crippen molar-refractivity contribution in [3.63, 3.8) is 0 Å². The summed E-state index contributed by atoms with van der Waals surface area (Å²) in [4.78, 5) is 20.2. The Balaban J connectivity index is 1.54. The zero-order chi connectivity index (χ0) is 16.8. The number of hydrogen-bond donors (Lipinski definition) is 1. The molecule has 0 spiro atoms. The highest BCUT2D eigenvalue weighted by molar-refractivity contribution is 7.13. The molecule has 0 aliphatic rings. The van der Waals surface area contributed by atoms with Crippen LogP contribution < -0.4 is 10.1 Å². The average Bonchev–Trinajstić information content (AvgIpc) is 3.27. The highest BCUT2D eigenvalue weighted by Gasteiger charge is 2.13. The number of methoxy groups -OCH3 is 1. The molecule has 7 nitrogen and oxygen atoms in total. The molecule has 2 heterocycles. The first-order valence-corrected chi connectivity index (χ1v) is 8.29. The number of hydrogen-bond acceptors (Lipinski definition) is 7. The second-order valence-corrected chi connectivity index (χ2v) is 5.85. The number of nitrogens with one attached hydrogen (secondary N) is 1. The number of rotatable bonds is 7. The Morgan fingerprint density at radius 1 is 1.38 bits per heavy atom. The SMILES string of the molecule is COc1ccccc1-c1noc(CCCC(=O)Nc2nccs2)n1. The van der Waals surface area contributed by atoms with Gasteiger partial charge in [-0.2, -0.15) is 4.98 Å². The third-order valence-corrected chi connectivity index (χ3v) is 3.98. The maximum atomic E-state index is 11.8. The first-order valence-electron chi connectivity index (χ1n) is 7.41. The third kappa shape index (κ3) is 3.96. The van der Waals surface area contributed by atoms with E-state index in [0.29, 0.717) is 41.9 Å². The van der Waals surface area contributed by atoms with E-state index in [1.54, 1.807) is 13.3 Å². The van der Waals surface area contributed by atoms with Crippen molar-refractivity contribution >= 4 is 22.4 Å². The lowest BCUT2D eigenvalue weighted by Gasteiger charge is -2.03. The first-order chi connectivity index (χ1) is 11.8. The quantitative estimate of drug-likeness (QED) is 0.708. The van der Waals surface area contributed by atoms with Crippen molar-refractivity contribution < 1.29 is 14.1 Å². The normalized spacial score (nSPS) is 10.5. The smallest absolute Gasteiger partial charge is 0.226 e. The van der Waals surface area contributed by atoms with Crippen molar-refractivity contribution in [1.29, 1.82) is 0 Å². The molecule has 0 bridgehead atoms. The average molecular weight is 344 g/mol. The summed E-state index contributed by atoms with van der Waals surface area (Å²) in [7, 11) is 1.60. The molecular weight excluding hydrogens is 328 g/mol. The topological polar surface area (TPSA) is 90.1 Å². The van der Waals surface area contributed by atoms with Gasteiger partial charge in [-0.15, -0.1) is 11.3 Å². The minimum absolute atomic E-state index is 0.0746. The summed E-state index contributed by atoms with van der Waals surface area (Å²) in [6, 6.07) is 7.48. The van der Waals surface area contributed by atoms with E-state index in [-0.39, 0.29) is 5.91 Å². The Labute approximate surface area is 142 Å². The minimum Gasteiger partial charge on any atom is -0.496 e. The molecule has 0 saturated carbocycles. The summed E-state index contributed by atoms with van der Waals surface area (Å²) in [5.41, 5.74) is 0.775. The number of para-hydroxylation sites is 1. The number of amides is 1. The highest BCUT2D eigenvalue weighted by Crippen LogP contribution is 2.27. The summed E-state index contributed by atoms with van der Waals surface area (Å²) >= 11 is 1.39. The van der Waals surface area contributed by atoms with Crippen LogP contribution in [0.25, 0.3) is 11.4 Å². The molecule has 0 aliphatic heterocycles. The Morgan fingerprint density at radius 2 is 2.25 bits per heavy atom. The van der Waals surface area contributed by atoms with Crippen molar-refractivity contribution in [1.82, 2.24) is 15.1 Å². The van der Waals surface area contributed by atoms with Crippen LogP contribution in [-0.4, -0.2) is 28.1 Å². The van der Waals surface area contributed by atoms with Gasteiger partial charge in [0.15, 0.2) is 5.13 Å². The number of nitrogens with zero attached hydrogens (tertiary/aromatic N) is 3. The lowest BCUT2D eigenvalue weighted by atomic mass is 10.2. The van der Waals surface area contributed by atoms with Gasteiger partial charge in [-0.3, -0.25) is 4.79 Å². The number of thiazole rings is 1. The molecular formula is C16H16N4O3S. The summed E-state index contributed by atoms with van der Waals surface area (Å²) in [5, 5.41) is 9.14. The van der Waals surface area contributed by atoms with Crippen molar-refractivity contribution in [3.05, 3.63) is 41.7 Å². The Kier molecular flexibility index (Phi) is 5.17. The number of carbonyl (C=O) groups is 1. The van der Waals surface area contributed by atoms with E-state index in [1.165, 1.54) is 11.3 Å². The van der Waals surface area contributed by atoms with Gasteiger partial charge in [-0.05, 0) is 18.6 Å². The highest BCUT2D eigenvalue weighted by atomic mass is 32.1. The monoisotopic (exact) mass is 344 g/mol. The molecule has 0 aliphatic carbocycles. The fourth-order valence-corrected chi connectivity index (χ4v) is 2.71. The Morgan fingerprint density at radius 3 is 3.04 bits per heavy atom. The Hall–Kier alpha value is -2.74. The van der Waals surface area contributed by atoms with Crippen LogP contribution >= 0.6 is 11.3 Å². The van der Waals surface area contributed by atoms with Gasteiger partial charge in [0.2, 0.25) is 17.6 Å². The largest absolute Gasteiger partial charge is 0.496 e. The van der Waals surface area contributed by atoms with Gasteiger partial charge < -0.3 is 14.6 Å². The lowest BCUT2D eigenvalue weighted by molar-refractivity contribution is -0.116. The fourth-order valence-electron chi connectivity index (χ4n) is 2.16. The van der Waals surface area contributed by atoms with Crippen molar-refractivity contribution in [2.45, 2.75) is 19.3 Å². The molecule has 1 amide bonds. The second-order valence-electron chi connectivity index (χ2n) is 4.95. The summed E-state index contributed by atoms with van der Waals surface area (Å²) in [6.45, 7) is 0. The van der Waals surface area contributed by atoms with Crippen LogP contribution in [0.15, 0.2) is 40.4 Å². The molecule has 1 N–H and O–H groups in total. The standard InChI is InChI=1S/C16H16N4O3S/c1-22-12-6-3-2-5-11(12)15-19-14(23-20-15)8-4-7-13(21)18-16-17-9-10-24-16/h2-3,5-6,9-10H,4,7-8H2,1H3,(H,17,18,21). The van der Waals surface area contributed by atoms with Crippen LogP contribution in [0.4, 0.5) is 5.13 Å². The van der Waals surface area contributed by atoms with E-state index < -0.39 is 0 Å². The van der Waals surface area contributed by atoms with E-state index in [2.05, 4.69) is 20.4 Å². The number of carbonyl (C=O) groups excluding carboxylic acids is 1. The van der Waals surface area contributed by atoms with Crippen LogP contribution in [0.1, 0.15) is 18.7 Å². The number of aryl methyl sites for hydroxylation is 1. The second kappa shape index (κ2) is 7.69. The first kappa shape index (κ1) is 16.1. The number of anilines is 1. The molecule has 0 fully saturated rings. The van der Waals surface area contributed by atoms with Gasteiger partial charge in [0.25, 0.3) is 0 Å². The third-order valence-electron chi connectivity index (χ3n) is 3.29. The summed E-state index contributed by atoms with van der Waals surface area (Å²) in [6.07, 6.45) is 3.17. The van der Waals surface area contributed by atoms with E-state index >= 15 is 0 Å². The van der Waals surface area contributed by atoms with E-state index in [9.17, 15) is 4.79 Å². The predicted octanol–water partition coefficient (Wildman–Crippen LogP) is 3.16. The van der Waals surface area contributed by atoms with Crippen LogP contribution in [0.3, 0.4) is 0 Å². The maximum Gasteiger partial charge on any atom is 0.226 e. The number of ether oxygens (including phenoxy) is 1. The molecule has 3 rings (SSSR count). The van der Waals surface area contributed by atoms with Gasteiger partial charge in [-0.1, -0.05) is 17.3 Å². The molecule has 1 aromatic carbocycles. The zero-order valence-corrected chi connectivity index (χ0v) is 13.9. The van der Waals surface area contributed by atoms with Crippen molar-refractivity contribution in [3.8, 4) is 17.1 Å². The number of aromatic nitrogens is 3. The molecule has 0 unspecified atom stereocenters. The predicted molar refractivity (Wildman–Crippen MR) is 90.0 cm³/mol. The molecule has 24 heavy (non-hydrogen) atoms. The van der Waals surface area contributed by atoms with E-state index in [1.807, 2.05) is 29.6 Å². The van der Waals surface area contributed by atoms with Gasteiger partial charge in [-0.25, -0.2) is 4.98 Å². The molecule has 2 aromatic heterocycles. The Bertz CT molecular complexity index is 801. The molecule has 0 atom stereocenters. The van der Waals surface area contributed by atoms with Crippen LogP contribution in [0.5, 0.6) is 5.75 Å². The van der Waals surface area contributed by atoms with Crippen LogP contribution in [0, 0.1) is 0 Å². The van der Waals surface area contributed by atoms with Crippen molar-refractivity contribution in [2.75, 3.05) is 12.4 Å². The zero-order valence-electron chi connectivity index (χ0n) is 13.1. The molecule has 8 heteroatoms. The van der Waals surface area contributed by atoms with E-state index in [0.717, 1.165) is 5.56 Å². The molecule has 3 aromatic rings. The fraction of sp³-hybridized carbons (Fsp3) is 0.250. The van der Waals surface area contributed by atoms with E-state index in [4.69, 9.17) is 9.26 Å². The van der Waals surface area contributed by atoms with Gasteiger partial charge in [0.05, 0.1) is 12.7 Å². The van der Waals surface area contributed by atoms with Gasteiger partial charge >= 0.3 is 0 Å². The number of benzene rings is 1. The maximum absolute atomic E-state index is 11.8.